The van der Waals surface area contributed by atoms with E-state index in [4.69, 9.17) is 4.98 Å². The fraction of sp³-hybridized carbons (Fsp3) is 0.462. The molecule has 4 heterocycles. The summed E-state index contributed by atoms with van der Waals surface area (Å²) in [5.74, 6) is 1.50. The third-order valence-corrected chi connectivity index (χ3v) is 7.01. The van der Waals surface area contributed by atoms with Crippen molar-refractivity contribution in [2.75, 3.05) is 18.4 Å². The van der Waals surface area contributed by atoms with Gasteiger partial charge in [-0.1, -0.05) is 6.07 Å². The Bertz CT molecular complexity index is 1100. The fourth-order valence-corrected chi connectivity index (χ4v) is 5.01. The van der Waals surface area contributed by atoms with E-state index in [9.17, 15) is 4.79 Å². The molecule has 1 fully saturated rings. The van der Waals surface area contributed by atoms with Crippen molar-refractivity contribution in [3.8, 4) is 0 Å². The number of pyridine rings is 2. The maximum atomic E-state index is 12.8. The Hall–Kier alpha value is -3.22. The third-order valence-electron chi connectivity index (χ3n) is 7.01. The first kappa shape index (κ1) is 21.6. The van der Waals surface area contributed by atoms with Crippen LogP contribution in [0.25, 0.3) is 0 Å². The molecule has 1 amide bonds. The highest BCUT2D eigenvalue weighted by Gasteiger charge is 2.25. The van der Waals surface area contributed by atoms with E-state index in [1.54, 1.807) is 6.20 Å². The number of likely N-dealkylation sites (tertiary alicyclic amines) is 1. The first-order valence-electron chi connectivity index (χ1n) is 12.1. The Morgan fingerprint density at radius 3 is 2.73 bits per heavy atom. The lowest BCUT2D eigenvalue weighted by atomic mass is 9.93. The highest BCUT2D eigenvalue weighted by Crippen LogP contribution is 2.28. The molecule has 3 aromatic rings. The van der Waals surface area contributed by atoms with E-state index in [1.165, 1.54) is 24.1 Å². The van der Waals surface area contributed by atoms with Gasteiger partial charge in [0.05, 0.1) is 18.1 Å². The standard InChI is InChI=1S/C26H32N6O/c1-19-5-4-13-27-26(19)30-22-8-9-23(28-18-22)20-10-14-31(15-11-20)25(33)12-16-32-24-7-3-2-6-21(24)17-29-32/h4-5,8-9,13,17-18,20H,2-3,6-7,10-12,14-16H2,1H3,(H,27,30). The molecule has 0 saturated carbocycles. The highest BCUT2D eigenvalue weighted by atomic mass is 16.2. The van der Waals surface area contributed by atoms with Crippen LogP contribution in [-0.4, -0.2) is 43.6 Å². The molecule has 7 nitrogen and oxygen atoms in total. The van der Waals surface area contributed by atoms with E-state index in [0.717, 1.165) is 61.5 Å². The third kappa shape index (κ3) is 4.92. The van der Waals surface area contributed by atoms with E-state index >= 15 is 0 Å². The van der Waals surface area contributed by atoms with Crippen molar-refractivity contribution in [2.45, 2.75) is 64.3 Å². The number of anilines is 2. The van der Waals surface area contributed by atoms with Crippen LogP contribution in [0, 0.1) is 6.92 Å². The van der Waals surface area contributed by atoms with Gasteiger partial charge in [-0.05, 0) is 74.8 Å². The van der Waals surface area contributed by atoms with Crippen molar-refractivity contribution < 1.29 is 4.79 Å². The largest absolute Gasteiger partial charge is 0.343 e. The average molecular weight is 445 g/mol. The molecule has 2 aliphatic rings. The molecule has 172 valence electrons. The summed E-state index contributed by atoms with van der Waals surface area (Å²) >= 11 is 0. The molecular weight excluding hydrogens is 412 g/mol. The molecule has 0 bridgehead atoms. The normalized spacial score (nSPS) is 16.5. The molecule has 33 heavy (non-hydrogen) atoms. The second-order valence-electron chi connectivity index (χ2n) is 9.22. The Kier molecular flexibility index (Phi) is 6.37. The predicted octanol–water partition coefficient (Wildman–Crippen LogP) is 4.40. The van der Waals surface area contributed by atoms with Gasteiger partial charge in [-0.3, -0.25) is 14.5 Å². The van der Waals surface area contributed by atoms with Crippen molar-refractivity contribution in [1.29, 1.82) is 0 Å². The van der Waals surface area contributed by atoms with Crippen LogP contribution in [0.15, 0.2) is 42.9 Å². The number of aryl methyl sites for hydroxylation is 3. The molecular formula is C26H32N6O. The molecule has 5 rings (SSSR count). The predicted molar refractivity (Wildman–Crippen MR) is 129 cm³/mol. The van der Waals surface area contributed by atoms with Gasteiger partial charge in [0.1, 0.15) is 5.82 Å². The highest BCUT2D eigenvalue weighted by molar-refractivity contribution is 5.76. The maximum absolute atomic E-state index is 12.8. The minimum absolute atomic E-state index is 0.242. The lowest BCUT2D eigenvalue weighted by molar-refractivity contribution is -0.132. The summed E-state index contributed by atoms with van der Waals surface area (Å²) in [5, 5.41) is 7.87. The summed E-state index contributed by atoms with van der Waals surface area (Å²) in [4.78, 5) is 23.9. The minimum Gasteiger partial charge on any atom is -0.343 e. The van der Waals surface area contributed by atoms with E-state index in [2.05, 4.69) is 32.2 Å². The number of carbonyl (C=O) groups excluding carboxylic acids is 1. The van der Waals surface area contributed by atoms with Crippen LogP contribution in [0.2, 0.25) is 0 Å². The number of piperidine rings is 1. The van der Waals surface area contributed by atoms with Gasteiger partial charge in [0.2, 0.25) is 5.91 Å². The van der Waals surface area contributed by atoms with Crippen LogP contribution in [0.5, 0.6) is 0 Å². The van der Waals surface area contributed by atoms with Gasteiger partial charge in [-0.2, -0.15) is 5.10 Å². The lowest BCUT2D eigenvalue weighted by Crippen LogP contribution is -2.38. The van der Waals surface area contributed by atoms with Crippen LogP contribution in [0.3, 0.4) is 0 Å². The van der Waals surface area contributed by atoms with Crippen molar-refractivity contribution in [3.05, 3.63) is 65.4 Å². The summed E-state index contributed by atoms with van der Waals surface area (Å²) in [5.41, 5.74) is 5.86. The molecule has 1 N–H and O–H groups in total. The molecule has 7 heteroatoms. The van der Waals surface area contributed by atoms with Gasteiger partial charge in [0, 0.05) is 49.6 Å². The van der Waals surface area contributed by atoms with Crippen LogP contribution in [0.4, 0.5) is 11.5 Å². The van der Waals surface area contributed by atoms with Gasteiger partial charge >= 0.3 is 0 Å². The number of rotatable bonds is 6. The van der Waals surface area contributed by atoms with Gasteiger partial charge in [0.15, 0.2) is 0 Å². The SMILES string of the molecule is Cc1cccnc1Nc1ccc(C2CCN(C(=O)CCn3ncc4c3CCCC4)CC2)nc1. The summed E-state index contributed by atoms with van der Waals surface area (Å²) in [6, 6.07) is 8.14. The van der Waals surface area contributed by atoms with Crippen molar-refractivity contribution in [2.24, 2.45) is 0 Å². The molecule has 0 aromatic carbocycles. The van der Waals surface area contributed by atoms with Crippen molar-refractivity contribution in [3.63, 3.8) is 0 Å². The molecule has 0 atom stereocenters. The number of hydrogen-bond donors (Lipinski definition) is 1. The smallest absolute Gasteiger partial charge is 0.224 e. The van der Waals surface area contributed by atoms with E-state index in [0.29, 0.717) is 18.9 Å². The molecule has 0 radical (unpaired) electrons. The summed E-state index contributed by atoms with van der Waals surface area (Å²) < 4.78 is 2.06. The fourth-order valence-electron chi connectivity index (χ4n) is 5.01. The number of amides is 1. The number of aromatic nitrogens is 4. The number of nitrogens with zero attached hydrogens (tertiary/aromatic N) is 5. The van der Waals surface area contributed by atoms with Crippen molar-refractivity contribution >= 4 is 17.4 Å². The second-order valence-corrected chi connectivity index (χ2v) is 9.22. The van der Waals surface area contributed by atoms with Gasteiger partial charge < -0.3 is 10.2 Å². The molecule has 0 unspecified atom stereocenters. The molecule has 3 aromatic heterocycles. The van der Waals surface area contributed by atoms with Crippen LogP contribution >= 0.6 is 0 Å². The Morgan fingerprint density at radius 1 is 1.09 bits per heavy atom. The Balaban J connectivity index is 1.11. The average Bonchev–Trinajstić information content (AvgIpc) is 3.28. The number of fused-ring (bicyclic) bond motifs is 1. The number of hydrogen-bond acceptors (Lipinski definition) is 5. The maximum Gasteiger partial charge on any atom is 0.224 e. The summed E-state index contributed by atoms with van der Waals surface area (Å²) in [7, 11) is 0. The quantitative estimate of drug-likeness (QED) is 0.610. The Morgan fingerprint density at radius 2 is 1.94 bits per heavy atom. The van der Waals surface area contributed by atoms with Crippen LogP contribution in [-0.2, 0) is 24.2 Å². The zero-order valence-electron chi connectivity index (χ0n) is 19.3. The van der Waals surface area contributed by atoms with Gasteiger partial charge in [0.25, 0.3) is 0 Å². The van der Waals surface area contributed by atoms with Crippen LogP contribution in [0.1, 0.15) is 60.5 Å². The zero-order chi connectivity index (χ0) is 22.6. The van der Waals surface area contributed by atoms with E-state index < -0.39 is 0 Å². The Labute approximate surface area is 195 Å². The van der Waals surface area contributed by atoms with Gasteiger partial charge in [-0.25, -0.2) is 4.98 Å². The number of nitrogens with one attached hydrogen (secondary N) is 1. The second kappa shape index (κ2) is 9.73. The van der Waals surface area contributed by atoms with E-state index in [1.807, 2.05) is 36.4 Å². The topological polar surface area (TPSA) is 75.9 Å². The van der Waals surface area contributed by atoms with Gasteiger partial charge in [-0.15, -0.1) is 0 Å². The first-order valence-corrected chi connectivity index (χ1v) is 12.1. The first-order chi connectivity index (χ1) is 16.2. The minimum atomic E-state index is 0.242. The zero-order valence-corrected chi connectivity index (χ0v) is 19.3. The number of carbonyl (C=O) groups is 1. The summed E-state index contributed by atoms with van der Waals surface area (Å²) in [6.07, 6.45) is 12.8. The van der Waals surface area contributed by atoms with E-state index in [-0.39, 0.29) is 5.91 Å². The molecule has 1 saturated heterocycles. The van der Waals surface area contributed by atoms with Crippen LogP contribution < -0.4 is 5.32 Å². The molecule has 1 aliphatic carbocycles. The monoisotopic (exact) mass is 444 g/mol. The molecule has 0 spiro atoms. The lowest BCUT2D eigenvalue weighted by Gasteiger charge is -2.32. The van der Waals surface area contributed by atoms with Crippen molar-refractivity contribution in [1.82, 2.24) is 24.6 Å². The summed E-state index contributed by atoms with van der Waals surface area (Å²) in [6.45, 7) is 4.33. The molecule has 1 aliphatic heterocycles.